The van der Waals surface area contributed by atoms with E-state index < -0.39 is 48.5 Å². The smallest absolute Gasteiger partial charge is 0.340 e. The van der Waals surface area contributed by atoms with Gasteiger partial charge in [0.25, 0.3) is 0 Å². The van der Waals surface area contributed by atoms with Crippen LogP contribution in [0.15, 0.2) is 91.0 Å². The summed E-state index contributed by atoms with van der Waals surface area (Å²) in [7, 11) is 0. The summed E-state index contributed by atoms with van der Waals surface area (Å²) in [5.41, 5.74) is 0.666. The van der Waals surface area contributed by atoms with Crippen LogP contribution in [0, 0.1) is 0 Å². The van der Waals surface area contributed by atoms with Crippen LogP contribution >= 0.6 is 0 Å². The Bertz CT molecular complexity index is 1230. The molecule has 1 aliphatic heterocycles. The van der Waals surface area contributed by atoms with Gasteiger partial charge in [0.15, 0.2) is 12.2 Å². The van der Waals surface area contributed by atoms with Gasteiger partial charge in [-0.3, -0.25) is 4.79 Å². The molecule has 4 atom stereocenters. The maximum Gasteiger partial charge on any atom is 0.340 e. The molecule has 190 valence electrons. The largest absolute Gasteiger partial charge is 0.456 e. The number of hydrogen-bond acceptors (Lipinski definition) is 9. The minimum absolute atomic E-state index is 0.207. The average Bonchev–Trinajstić information content (AvgIpc) is 2.92. The monoisotopic (exact) mass is 504 g/mol. The summed E-state index contributed by atoms with van der Waals surface area (Å²) in [6, 6.07) is 24.4. The molecule has 0 bridgehead atoms. The van der Waals surface area contributed by atoms with E-state index in [1.807, 2.05) is 0 Å². The van der Waals surface area contributed by atoms with Crippen LogP contribution in [0.1, 0.15) is 38.0 Å². The fourth-order valence-corrected chi connectivity index (χ4v) is 3.71. The molecule has 1 fully saturated rings. The minimum Gasteiger partial charge on any atom is -0.456 e. The van der Waals surface area contributed by atoms with Gasteiger partial charge < -0.3 is 23.7 Å². The molecule has 0 saturated carbocycles. The zero-order chi connectivity index (χ0) is 26.2. The van der Waals surface area contributed by atoms with Crippen LogP contribution in [0.2, 0.25) is 0 Å². The molecule has 4 unspecified atom stereocenters. The molecular formula is C28H24O9. The van der Waals surface area contributed by atoms with Crippen molar-refractivity contribution < 1.29 is 42.9 Å². The minimum atomic E-state index is -1.46. The molecule has 0 amide bonds. The van der Waals surface area contributed by atoms with E-state index in [1.54, 1.807) is 78.9 Å². The second-order valence-corrected chi connectivity index (χ2v) is 8.09. The normalized spacial score (nSPS) is 20.8. The zero-order valence-corrected chi connectivity index (χ0v) is 19.9. The van der Waals surface area contributed by atoms with Crippen LogP contribution in [-0.4, -0.2) is 55.1 Å². The van der Waals surface area contributed by atoms with E-state index in [1.165, 1.54) is 19.1 Å². The third-order valence-corrected chi connectivity index (χ3v) is 5.44. The van der Waals surface area contributed by atoms with Gasteiger partial charge in [0.1, 0.15) is 0 Å². The Morgan fingerprint density at radius 2 is 1.00 bits per heavy atom. The summed E-state index contributed by atoms with van der Waals surface area (Å²) >= 11 is 0. The predicted molar refractivity (Wildman–Crippen MR) is 128 cm³/mol. The summed E-state index contributed by atoms with van der Waals surface area (Å²) in [6.07, 6.45) is -5.39. The van der Waals surface area contributed by atoms with Crippen molar-refractivity contribution >= 4 is 23.9 Å². The highest BCUT2D eigenvalue weighted by Crippen LogP contribution is 2.27. The molecule has 1 heterocycles. The number of benzene rings is 3. The first-order chi connectivity index (χ1) is 17.9. The first kappa shape index (κ1) is 25.6. The predicted octanol–water partition coefficient (Wildman–Crippen LogP) is 3.58. The maximum absolute atomic E-state index is 13.0. The van der Waals surface area contributed by atoms with E-state index in [9.17, 15) is 19.2 Å². The second kappa shape index (κ2) is 12.0. The van der Waals surface area contributed by atoms with Crippen LogP contribution < -0.4 is 0 Å². The number of carbonyl (C=O) groups excluding carboxylic acids is 4. The number of ether oxygens (including phenoxy) is 5. The Morgan fingerprint density at radius 1 is 0.595 bits per heavy atom. The molecule has 0 aromatic heterocycles. The third-order valence-electron chi connectivity index (χ3n) is 5.44. The number of esters is 4. The molecule has 0 aliphatic carbocycles. The van der Waals surface area contributed by atoms with Gasteiger partial charge in [-0.1, -0.05) is 54.6 Å². The number of rotatable bonds is 7. The van der Waals surface area contributed by atoms with E-state index in [-0.39, 0.29) is 23.3 Å². The standard InChI is InChI=1S/C28H24O9/c1-18(29)34-22-17-33-28(37-27(32)21-15-9-4-10-16-21)24(36-26(31)20-13-7-3-8-14-20)23(22)35-25(30)19-11-5-2-6-12-19/h2-16,22-24,28H,17H2,1H3. The molecule has 37 heavy (non-hydrogen) atoms. The van der Waals surface area contributed by atoms with Crippen molar-refractivity contribution in [2.24, 2.45) is 0 Å². The third kappa shape index (κ3) is 6.59. The molecular weight excluding hydrogens is 480 g/mol. The fraction of sp³-hybridized carbons (Fsp3) is 0.214. The Balaban J connectivity index is 1.65. The van der Waals surface area contributed by atoms with Crippen molar-refractivity contribution in [1.29, 1.82) is 0 Å². The molecule has 0 N–H and O–H groups in total. The second-order valence-electron chi connectivity index (χ2n) is 8.09. The first-order valence-electron chi connectivity index (χ1n) is 11.5. The summed E-state index contributed by atoms with van der Waals surface area (Å²) < 4.78 is 27.9. The Morgan fingerprint density at radius 3 is 1.43 bits per heavy atom. The van der Waals surface area contributed by atoms with E-state index >= 15 is 0 Å². The van der Waals surface area contributed by atoms with Crippen LogP contribution in [0.4, 0.5) is 0 Å². The van der Waals surface area contributed by atoms with Crippen molar-refractivity contribution in [3.8, 4) is 0 Å². The summed E-state index contributed by atoms with van der Waals surface area (Å²) in [5, 5.41) is 0. The topological polar surface area (TPSA) is 114 Å². The van der Waals surface area contributed by atoms with Gasteiger partial charge in [0.05, 0.1) is 23.3 Å². The van der Waals surface area contributed by atoms with Gasteiger partial charge in [-0.05, 0) is 36.4 Å². The van der Waals surface area contributed by atoms with Crippen molar-refractivity contribution in [3.05, 3.63) is 108 Å². The molecule has 0 radical (unpaired) electrons. The van der Waals surface area contributed by atoms with E-state index in [4.69, 9.17) is 23.7 Å². The van der Waals surface area contributed by atoms with Gasteiger partial charge >= 0.3 is 23.9 Å². The lowest BCUT2D eigenvalue weighted by atomic mass is 10.0. The van der Waals surface area contributed by atoms with Gasteiger partial charge in [0, 0.05) is 6.92 Å². The molecule has 3 aromatic carbocycles. The van der Waals surface area contributed by atoms with Gasteiger partial charge in [-0.15, -0.1) is 0 Å². The Labute approximate surface area is 212 Å². The summed E-state index contributed by atoms with van der Waals surface area (Å²) in [4.78, 5) is 50.5. The molecule has 1 saturated heterocycles. The van der Waals surface area contributed by atoms with Crippen molar-refractivity contribution in [3.63, 3.8) is 0 Å². The molecule has 3 aromatic rings. The van der Waals surface area contributed by atoms with E-state index in [0.717, 1.165) is 0 Å². The lowest BCUT2D eigenvalue weighted by molar-refractivity contribution is -0.255. The SMILES string of the molecule is CC(=O)OC1COC(OC(=O)c2ccccc2)C(OC(=O)c2ccccc2)C1OC(=O)c1ccccc1. The van der Waals surface area contributed by atoms with Crippen LogP contribution in [0.5, 0.6) is 0 Å². The number of carbonyl (C=O) groups is 4. The highest BCUT2D eigenvalue weighted by molar-refractivity contribution is 5.91. The maximum atomic E-state index is 13.0. The molecule has 1 aliphatic rings. The number of hydrogen-bond donors (Lipinski definition) is 0. The quantitative estimate of drug-likeness (QED) is 0.352. The zero-order valence-electron chi connectivity index (χ0n) is 19.9. The van der Waals surface area contributed by atoms with Crippen molar-refractivity contribution in [1.82, 2.24) is 0 Å². The molecule has 4 rings (SSSR count). The van der Waals surface area contributed by atoms with E-state index in [2.05, 4.69) is 0 Å². The average molecular weight is 504 g/mol. The summed E-state index contributed by atoms with van der Waals surface area (Å²) in [6.45, 7) is 0.904. The Hall–Kier alpha value is -4.50. The first-order valence-corrected chi connectivity index (χ1v) is 11.5. The summed E-state index contributed by atoms with van der Waals surface area (Å²) in [5.74, 6) is -2.94. The van der Waals surface area contributed by atoms with E-state index in [0.29, 0.717) is 0 Å². The molecule has 9 heteroatoms. The highest BCUT2D eigenvalue weighted by Gasteiger charge is 2.49. The van der Waals surface area contributed by atoms with Crippen LogP contribution in [-0.2, 0) is 28.5 Å². The highest BCUT2D eigenvalue weighted by atomic mass is 16.7. The van der Waals surface area contributed by atoms with Crippen molar-refractivity contribution in [2.75, 3.05) is 6.61 Å². The Kier molecular flexibility index (Phi) is 8.27. The van der Waals surface area contributed by atoms with Gasteiger partial charge in [-0.2, -0.15) is 0 Å². The fourth-order valence-electron chi connectivity index (χ4n) is 3.71. The molecule has 0 spiro atoms. The van der Waals surface area contributed by atoms with Gasteiger partial charge in [0.2, 0.25) is 12.4 Å². The van der Waals surface area contributed by atoms with Crippen LogP contribution in [0.25, 0.3) is 0 Å². The lowest BCUT2D eigenvalue weighted by Gasteiger charge is -2.40. The van der Waals surface area contributed by atoms with Crippen LogP contribution in [0.3, 0.4) is 0 Å². The van der Waals surface area contributed by atoms with Crippen molar-refractivity contribution in [2.45, 2.75) is 31.5 Å². The molecule has 9 nitrogen and oxygen atoms in total. The van der Waals surface area contributed by atoms with Gasteiger partial charge in [-0.25, -0.2) is 14.4 Å². The lowest BCUT2D eigenvalue weighted by Crippen LogP contribution is -2.58.